The summed E-state index contributed by atoms with van der Waals surface area (Å²) in [5.74, 6) is 0.980. The minimum absolute atomic E-state index is 0.0965. The number of azide groups is 1. The summed E-state index contributed by atoms with van der Waals surface area (Å²) in [7, 11) is 0. The molecule has 0 fully saturated rings. The number of amides is 1. The van der Waals surface area contributed by atoms with Crippen LogP contribution < -0.4 is 5.73 Å². The first-order chi connectivity index (χ1) is 6.66. The largest absolute Gasteiger partial charge is 0.392 e. The van der Waals surface area contributed by atoms with Crippen LogP contribution >= 0.6 is 11.8 Å². The van der Waals surface area contributed by atoms with Crippen LogP contribution in [0, 0.1) is 0 Å². The lowest BCUT2D eigenvalue weighted by Crippen LogP contribution is -2.14. The van der Waals surface area contributed by atoms with Crippen LogP contribution in [0.3, 0.4) is 0 Å². The van der Waals surface area contributed by atoms with Gasteiger partial charge in [-0.05, 0) is 17.7 Å². The highest BCUT2D eigenvalue weighted by atomic mass is 32.2. The molecular weight excluding hydrogens is 204 g/mol. The van der Waals surface area contributed by atoms with Crippen LogP contribution in [0.1, 0.15) is 12.8 Å². The molecule has 0 aromatic carbocycles. The Hall–Kier alpha value is -0.910. The molecule has 0 radical (unpaired) electrons. The van der Waals surface area contributed by atoms with Crippen LogP contribution in [0.2, 0.25) is 0 Å². The molecule has 80 valence electrons. The average Bonchev–Trinajstić information content (AvgIpc) is 2.13. The molecule has 1 unspecified atom stereocenters. The zero-order valence-electron chi connectivity index (χ0n) is 7.80. The summed E-state index contributed by atoms with van der Waals surface area (Å²) in [5.41, 5.74) is 12.9. The van der Waals surface area contributed by atoms with Gasteiger partial charge in [0.05, 0.1) is 12.6 Å². The molecule has 0 bridgehead atoms. The molecule has 0 aliphatic rings. The van der Waals surface area contributed by atoms with Gasteiger partial charge in [-0.15, -0.1) is 0 Å². The van der Waals surface area contributed by atoms with Crippen LogP contribution in [-0.4, -0.2) is 35.2 Å². The summed E-state index contributed by atoms with van der Waals surface area (Å²) < 4.78 is 0. The summed E-state index contributed by atoms with van der Waals surface area (Å²) in [6.07, 6.45) is 0.484. The molecule has 3 N–H and O–H groups in total. The summed E-state index contributed by atoms with van der Waals surface area (Å²) >= 11 is 1.51. The first-order valence-corrected chi connectivity index (χ1v) is 5.37. The van der Waals surface area contributed by atoms with Crippen molar-refractivity contribution in [3.05, 3.63) is 10.4 Å². The highest BCUT2D eigenvalue weighted by molar-refractivity contribution is 7.99. The van der Waals surface area contributed by atoms with Crippen molar-refractivity contribution in [1.29, 1.82) is 0 Å². The van der Waals surface area contributed by atoms with E-state index in [1.807, 2.05) is 0 Å². The SMILES string of the molecule is [N-]=[N+]=NCC(O)CSCCCC(N)=O. The number of aliphatic hydroxyl groups excluding tert-OH is 1. The van der Waals surface area contributed by atoms with Crippen LogP contribution in [-0.2, 0) is 4.79 Å². The predicted molar refractivity (Wildman–Crippen MR) is 55.8 cm³/mol. The van der Waals surface area contributed by atoms with Crippen molar-refractivity contribution in [2.45, 2.75) is 18.9 Å². The van der Waals surface area contributed by atoms with Crippen molar-refractivity contribution in [3.63, 3.8) is 0 Å². The van der Waals surface area contributed by atoms with Crippen LogP contribution in [0.15, 0.2) is 5.11 Å². The standard InChI is InChI=1S/C7H14N4O2S/c8-7(13)2-1-3-14-5-6(12)4-10-11-9/h6,12H,1-5H2,(H2,8,13). The van der Waals surface area contributed by atoms with E-state index in [0.29, 0.717) is 18.6 Å². The molecule has 0 spiro atoms. The minimum atomic E-state index is -0.607. The van der Waals surface area contributed by atoms with Gasteiger partial charge >= 0.3 is 0 Å². The van der Waals surface area contributed by atoms with Crippen LogP contribution in [0.5, 0.6) is 0 Å². The summed E-state index contributed by atoms with van der Waals surface area (Å²) in [4.78, 5) is 12.9. The second-order valence-electron chi connectivity index (χ2n) is 2.71. The van der Waals surface area contributed by atoms with Gasteiger partial charge in [-0.3, -0.25) is 4.79 Å². The summed E-state index contributed by atoms with van der Waals surface area (Å²) in [6, 6.07) is 0. The van der Waals surface area contributed by atoms with Gasteiger partial charge in [-0.25, -0.2) is 0 Å². The molecule has 0 aliphatic carbocycles. The Morgan fingerprint density at radius 3 is 3.00 bits per heavy atom. The zero-order valence-corrected chi connectivity index (χ0v) is 8.61. The van der Waals surface area contributed by atoms with Gasteiger partial charge in [-0.1, -0.05) is 5.11 Å². The topological polar surface area (TPSA) is 112 Å². The smallest absolute Gasteiger partial charge is 0.217 e. The molecule has 7 heteroatoms. The second-order valence-corrected chi connectivity index (χ2v) is 3.86. The summed E-state index contributed by atoms with van der Waals surface area (Å²) in [6.45, 7) is 0.0965. The monoisotopic (exact) mass is 218 g/mol. The van der Waals surface area contributed by atoms with E-state index in [1.165, 1.54) is 11.8 Å². The molecule has 1 amide bonds. The van der Waals surface area contributed by atoms with E-state index in [-0.39, 0.29) is 12.5 Å². The van der Waals surface area contributed by atoms with Crippen molar-refractivity contribution in [2.24, 2.45) is 10.8 Å². The molecule has 0 saturated heterocycles. The Balaban J connectivity index is 3.26. The van der Waals surface area contributed by atoms with Gasteiger partial charge in [0.25, 0.3) is 0 Å². The lowest BCUT2D eigenvalue weighted by atomic mass is 10.3. The van der Waals surface area contributed by atoms with Gasteiger partial charge in [0.1, 0.15) is 0 Å². The van der Waals surface area contributed by atoms with Gasteiger partial charge in [0, 0.05) is 17.1 Å². The fourth-order valence-corrected chi connectivity index (χ4v) is 1.64. The van der Waals surface area contributed by atoms with Crippen molar-refractivity contribution >= 4 is 17.7 Å². The molecule has 0 aliphatic heterocycles. The van der Waals surface area contributed by atoms with E-state index >= 15 is 0 Å². The maximum absolute atomic E-state index is 10.3. The lowest BCUT2D eigenvalue weighted by Gasteiger charge is -2.05. The van der Waals surface area contributed by atoms with Crippen LogP contribution in [0.25, 0.3) is 10.4 Å². The number of rotatable bonds is 8. The second kappa shape index (κ2) is 8.68. The summed E-state index contributed by atoms with van der Waals surface area (Å²) in [5, 5.41) is 12.5. The van der Waals surface area contributed by atoms with Crippen molar-refractivity contribution in [1.82, 2.24) is 0 Å². The van der Waals surface area contributed by atoms with Crippen molar-refractivity contribution in [3.8, 4) is 0 Å². The molecule has 0 rings (SSSR count). The van der Waals surface area contributed by atoms with E-state index in [4.69, 9.17) is 11.3 Å². The Morgan fingerprint density at radius 1 is 1.71 bits per heavy atom. The maximum Gasteiger partial charge on any atom is 0.217 e. The molecule has 0 aromatic heterocycles. The number of carbonyl (C=O) groups is 1. The number of thioether (sulfide) groups is 1. The normalized spacial score (nSPS) is 11.8. The van der Waals surface area contributed by atoms with E-state index in [9.17, 15) is 9.90 Å². The van der Waals surface area contributed by atoms with E-state index in [0.717, 1.165) is 5.75 Å². The third kappa shape index (κ3) is 9.18. The van der Waals surface area contributed by atoms with Gasteiger partial charge in [-0.2, -0.15) is 11.8 Å². The first kappa shape index (κ1) is 13.1. The molecule has 14 heavy (non-hydrogen) atoms. The fraction of sp³-hybridized carbons (Fsp3) is 0.857. The molecule has 6 nitrogen and oxygen atoms in total. The fourth-order valence-electron chi connectivity index (χ4n) is 0.751. The Bertz CT molecular complexity index is 218. The Labute approximate surface area is 86.5 Å². The lowest BCUT2D eigenvalue weighted by molar-refractivity contribution is -0.118. The molecular formula is C7H14N4O2S. The van der Waals surface area contributed by atoms with Crippen LogP contribution in [0.4, 0.5) is 0 Å². The van der Waals surface area contributed by atoms with Crippen molar-refractivity contribution < 1.29 is 9.90 Å². The van der Waals surface area contributed by atoms with Crippen molar-refractivity contribution in [2.75, 3.05) is 18.1 Å². The molecule has 0 heterocycles. The number of nitrogens with two attached hydrogens (primary N) is 1. The van der Waals surface area contributed by atoms with E-state index in [1.54, 1.807) is 0 Å². The predicted octanol–water partition coefficient (Wildman–Crippen LogP) is 0.656. The molecule has 0 saturated carbocycles. The van der Waals surface area contributed by atoms with E-state index < -0.39 is 6.10 Å². The highest BCUT2D eigenvalue weighted by Gasteiger charge is 2.02. The number of aliphatic hydroxyl groups is 1. The highest BCUT2D eigenvalue weighted by Crippen LogP contribution is 2.06. The average molecular weight is 218 g/mol. The Kier molecular flexibility index (Phi) is 8.11. The third-order valence-electron chi connectivity index (χ3n) is 1.38. The molecule has 1 atom stereocenters. The quantitative estimate of drug-likeness (QED) is 0.270. The van der Waals surface area contributed by atoms with Gasteiger partial charge in [0.2, 0.25) is 5.91 Å². The first-order valence-electron chi connectivity index (χ1n) is 4.21. The minimum Gasteiger partial charge on any atom is -0.392 e. The Morgan fingerprint density at radius 2 is 2.43 bits per heavy atom. The number of hydrogen-bond donors (Lipinski definition) is 2. The van der Waals surface area contributed by atoms with E-state index in [2.05, 4.69) is 10.0 Å². The third-order valence-corrected chi connectivity index (χ3v) is 2.58. The number of primary amides is 1. The maximum atomic E-state index is 10.3. The number of nitrogens with zero attached hydrogens (tertiary/aromatic N) is 3. The number of carbonyl (C=O) groups excluding carboxylic acids is 1. The number of hydrogen-bond acceptors (Lipinski definition) is 4. The van der Waals surface area contributed by atoms with Gasteiger partial charge in [0.15, 0.2) is 0 Å². The zero-order chi connectivity index (χ0) is 10.8. The van der Waals surface area contributed by atoms with Gasteiger partial charge < -0.3 is 10.8 Å². The molecule has 0 aromatic rings.